The molecule has 2 heterocycles. The van der Waals surface area contributed by atoms with E-state index in [0.29, 0.717) is 12.6 Å². The Hall–Kier alpha value is -0.610. The Labute approximate surface area is 98.0 Å². The van der Waals surface area contributed by atoms with E-state index in [1.165, 1.54) is 25.8 Å². The van der Waals surface area contributed by atoms with Gasteiger partial charge in [-0.25, -0.2) is 0 Å². The van der Waals surface area contributed by atoms with Crippen LogP contribution in [0, 0.1) is 0 Å². The van der Waals surface area contributed by atoms with E-state index in [4.69, 9.17) is 0 Å². The number of amides is 1. The quantitative estimate of drug-likeness (QED) is 0.734. The molecule has 0 bridgehead atoms. The lowest BCUT2D eigenvalue weighted by molar-refractivity contribution is -0.130. The molecule has 1 atom stereocenters. The van der Waals surface area contributed by atoms with Gasteiger partial charge in [-0.05, 0) is 39.4 Å². The van der Waals surface area contributed by atoms with Crippen LogP contribution in [0.1, 0.15) is 25.7 Å². The fourth-order valence-electron chi connectivity index (χ4n) is 2.65. The molecule has 0 aromatic heterocycles. The molecule has 0 aromatic carbocycles. The first-order valence-electron chi connectivity index (χ1n) is 6.46. The second kappa shape index (κ2) is 5.64. The van der Waals surface area contributed by atoms with E-state index in [1.54, 1.807) is 0 Å². The molecule has 1 N–H and O–H groups in total. The molecule has 92 valence electrons. The molecule has 0 radical (unpaired) electrons. The van der Waals surface area contributed by atoms with Crippen LogP contribution >= 0.6 is 0 Å². The standard InChI is InChI=1S/C12H23N3O/c1-14-7-3-2-5-11(14)10-15-8-4-6-13-9-12(15)16/h11,13H,2-10H2,1H3. The van der Waals surface area contributed by atoms with E-state index in [0.717, 1.165) is 26.1 Å². The average Bonchev–Trinajstić information content (AvgIpc) is 2.48. The highest BCUT2D eigenvalue weighted by Crippen LogP contribution is 2.16. The Bertz CT molecular complexity index is 244. The third-order valence-corrected chi connectivity index (χ3v) is 3.76. The number of likely N-dealkylation sites (tertiary alicyclic amines) is 1. The highest BCUT2D eigenvalue weighted by atomic mass is 16.2. The van der Waals surface area contributed by atoms with Crippen molar-refractivity contribution in [3.63, 3.8) is 0 Å². The van der Waals surface area contributed by atoms with E-state index in [-0.39, 0.29) is 5.91 Å². The average molecular weight is 225 g/mol. The van der Waals surface area contributed by atoms with Crippen molar-refractivity contribution in [3.05, 3.63) is 0 Å². The van der Waals surface area contributed by atoms with Crippen LogP contribution in [0.5, 0.6) is 0 Å². The number of carbonyl (C=O) groups is 1. The summed E-state index contributed by atoms with van der Waals surface area (Å²) in [7, 11) is 2.18. The van der Waals surface area contributed by atoms with Gasteiger partial charge in [-0.15, -0.1) is 0 Å². The van der Waals surface area contributed by atoms with Crippen molar-refractivity contribution in [3.8, 4) is 0 Å². The first-order chi connectivity index (χ1) is 7.77. The van der Waals surface area contributed by atoms with Crippen molar-refractivity contribution in [1.82, 2.24) is 15.1 Å². The third-order valence-electron chi connectivity index (χ3n) is 3.76. The summed E-state index contributed by atoms with van der Waals surface area (Å²) in [6.07, 6.45) is 4.95. The molecule has 2 saturated heterocycles. The smallest absolute Gasteiger partial charge is 0.236 e. The number of hydrogen-bond donors (Lipinski definition) is 1. The number of piperidine rings is 1. The predicted octanol–water partition coefficient (Wildman–Crippen LogP) is 0.293. The molecular formula is C12H23N3O. The molecule has 4 heteroatoms. The SMILES string of the molecule is CN1CCCCC1CN1CCCNCC1=O. The van der Waals surface area contributed by atoms with Gasteiger partial charge in [-0.1, -0.05) is 6.42 Å². The Morgan fingerprint density at radius 2 is 2.19 bits per heavy atom. The third kappa shape index (κ3) is 2.95. The maximum atomic E-state index is 11.8. The molecule has 1 amide bonds. The number of nitrogens with zero attached hydrogens (tertiary/aromatic N) is 2. The van der Waals surface area contributed by atoms with Crippen LogP contribution in [0.25, 0.3) is 0 Å². The highest BCUT2D eigenvalue weighted by Gasteiger charge is 2.24. The van der Waals surface area contributed by atoms with Gasteiger partial charge in [0.25, 0.3) is 0 Å². The highest BCUT2D eigenvalue weighted by molar-refractivity contribution is 5.78. The van der Waals surface area contributed by atoms with Crippen molar-refractivity contribution in [2.24, 2.45) is 0 Å². The maximum absolute atomic E-state index is 11.8. The van der Waals surface area contributed by atoms with E-state index in [9.17, 15) is 4.79 Å². The van der Waals surface area contributed by atoms with Gasteiger partial charge in [0.05, 0.1) is 6.54 Å². The van der Waals surface area contributed by atoms with Gasteiger partial charge < -0.3 is 15.1 Å². The lowest BCUT2D eigenvalue weighted by atomic mass is 10.0. The molecule has 2 rings (SSSR count). The van der Waals surface area contributed by atoms with E-state index in [2.05, 4.69) is 17.3 Å². The van der Waals surface area contributed by atoms with Gasteiger partial charge in [-0.3, -0.25) is 4.79 Å². The molecule has 2 aliphatic rings. The van der Waals surface area contributed by atoms with Crippen LogP contribution in [0.4, 0.5) is 0 Å². The lowest BCUT2D eigenvalue weighted by Gasteiger charge is -2.36. The summed E-state index contributed by atoms with van der Waals surface area (Å²) >= 11 is 0. The van der Waals surface area contributed by atoms with Gasteiger partial charge in [0.15, 0.2) is 0 Å². The van der Waals surface area contributed by atoms with Crippen LogP contribution in [0.15, 0.2) is 0 Å². The summed E-state index contributed by atoms with van der Waals surface area (Å²) in [5.74, 6) is 0.275. The van der Waals surface area contributed by atoms with Gasteiger partial charge in [0.2, 0.25) is 5.91 Å². The fraction of sp³-hybridized carbons (Fsp3) is 0.917. The molecular weight excluding hydrogens is 202 g/mol. The topological polar surface area (TPSA) is 35.6 Å². The summed E-state index contributed by atoms with van der Waals surface area (Å²) in [6, 6.07) is 0.579. The van der Waals surface area contributed by atoms with Crippen LogP contribution in [-0.2, 0) is 4.79 Å². The van der Waals surface area contributed by atoms with Crippen molar-refractivity contribution < 1.29 is 4.79 Å². The molecule has 0 aromatic rings. The second-order valence-corrected chi connectivity index (χ2v) is 5.00. The van der Waals surface area contributed by atoms with Crippen molar-refractivity contribution in [1.29, 1.82) is 0 Å². The van der Waals surface area contributed by atoms with Crippen LogP contribution in [0.3, 0.4) is 0 Å². The largest absolute Gasteiger partial charge is 0.340 e. The second-order valence-electron chi connectivity index (χ2n) is 5.00. The van der Waals surface area contributed by atoms with Crippen LogP contribution in [-0.4, -0.2) is 61.5 Å². The molecule has 2 fully saturated rings. The lowest BCUT2D eigenvalue weighted by Crippen LogP contribution is -2.47. The van der Waals surface area contributed by atoms with Crippen LogP contribution in [0.2, 0.25) is 0 Å². The first kappa shape index (κ1) is 11.9. The number of rotatable bonds is 2. The molecule has 16 heavy (non-hydrogen) atoms. The number of carbonyl (C=O) groups excluding carboxylic acids is 1. The van der Waals surface area contributed by atoms with Crippen LogP contribution < -0.4 is 5.32 Å². The van der Waals surface area contributed by atoms with Gasteiger partial charge >= 0.3 is 0 Å². The molecule has 2 aliphatic heterocycles. The first-order valence-corrected chi connectivity index (χ1v) is 6.46. The fourth-order valence-corrected chi connectivity index (χ4v) is 2.65. The zero-order valence-corrected chi connectivity index (χ0v) is 10.2. The van der Waals surface area contributed by atoms with Gasteiger partial charge in [0, 0.05) is 19.1 Å². The predicted molar refractivity (Wildman–Crippen MR) is 64.3 cm³/mol. The summed E-state index contributed by atoms with van der Waals surface area (Å²) in [5.41, 5.74) is 0. The minimum Gasteiger partial charge on any atom is -0.340 e. The number of nitrogens with one attached hydrogen (secondary N) is 1. The molecule has 0 aliphatic carbocycles. The van der Waals surface area contributed by atoms with Crippen molar-refractivity contribution in [2.45, 2.75) is 31.7 Å². The Kier molecular flexibility index (Phi) is 4.18. The van der Waals surface area contributed by atoms with E-state index < -0.39 is 0 Å². The van der Waals surface area contributed by atoms with Crippen molar-refractivity contribution >= 4 is 5.91 Å². The Morgan fingerprint density at radius 3 is 3.00 bits per heavy atom. The minimum absolute atomic E-state index is 0.275. The Morgan fingerprint density at radius 1 is 1.31 bits per heavy atom. The summed E-state index contributed by atoms with van der Waals surface area (Å²) in [4.78, 5) is 16.3. The molecule has 0 spiro atoms. The zero-order valence-electron chi connectivity index (χ0n) is 10.2. The summed E-state index contributed by atoms with van der Waals surface area (Å²) in [5, 5.41) is 3.17. The Balaban J connectivity index is 1.88. The summed E-state index contributed by atoms with van der Waals surface area (Å²) < 4.78 is 0. The monoisotopic (exact) mass is 225 g/mol. The molecule has 0 saturated carbocycles. The number of hydrogen-bond acceptors (Lipinski definition) is 3. The summed E-state index contributed by atoms with van der Waals surface area (Å²) in [6.45, 7) is 4.54. The molecule has 1 unspecified atom stereocenters. The zero-order chi connectivity index (χ0) is 11.4. The normalized spacial score (nSPS) is 29.2. The minimum atomic E-state index is 0.275. The number of likely N-dealkylation sites (N-methyl/N-ethyl adjacent to an activating group) is 1. The maximum Gasteiger partial charge on any atom is 0.236 e. The van der Waals surface area contributed by atoms with Gasteiger partial charge in [-0.2, -0.15) is 0 Å². The van der Waals surface area contributed by atoms with E-state index >= 15 is 0 Å². The van der Waals surface area contributed by atoms with Gasteiger partial charge in [0.1, 0.15) is 0 Å². The van der Waals surface area contributed by atoms with E-state index in [1.807, 2.05) is 4.90 Å². The molecule has 4 nitrogen and oxygen atoms in total. The van der Waals surface area contributed by atoms with Crippen molar-refractivity contribution in [2.75, 3.05) is 39.8 Å².